The monoisotopic (exact) mass is 333 g/mol. The number of rotatable bonds is 6. The molecular formula is C18H27N3O3. The zero-order chi connectivity index (χ0) is 17.4. The molecule has 132 valence electrons. The Labute approximate surface area is 143 Å². The molecule has 0 fully saturated rings. The Morgan fingerprint density at radius 2 is 2.12 bits per heavy atom. The van der Waals surface area contributed by atoms with Gasteiger partial charge in [-0.3, -0.25) is 4.79 Å². The van der Waals surface area contributed by atoms with Gasteiger partial charge in [0.2, 0.25) is 5.91 Å². The molecule has 3 amide bonds. The highest BCUT2D eigenvalue weighted by Gasteiger charge is 2.21. The number of fused-ring (bicyclic) bond motifs is 1. The van der Waals surface area contributed by atoms with Crippen molar-refractivity contribution in [3.63, 3.8) is 0 Å². The summed E-state index contributed by atoms with van der Waals surface area (Å²) in [4.78, 5) is 23.8. The molecule has 1 aromatic carbocycles. The fraction of sp³-hybridized carbons (Fsp3) is 0.556. The van der Waals surface area contributed by atoms with Crippen LogP contribution in [0.25, 0.3) is 0 Å². The molecule has 0 bridgehead atoms. The minimum Gasteiger partial charge on any atom is -0.493 e. The second-order valence-corrected chi connectivity index (χ2v) is 6.11. The molecule has 0 unspecified atom stereocenters. The van der Waals surface area contributed by atoms with Crippen molar-refractivity contribution in [2.45, 2.75) is 51.6 Å². The lowest BCUT2D eigenvalue weighted by Gasteiger charge is -2.18. The number of benzene rings is 1. The number of ether oxygens (including phenoxy) is 1. The number of carbonyl (C=O) groups is 2. The minimum absolute atomic E-state index is 0.0436. The number of carbonyl (C=O) groups excluding carboxylic acids is 2. The number of urea groups is 1. The predicted octanol–water partition coefficient (Wildman–Crippen LogP) is 2.50. The topological polar surface area (TPSA) is 79.5 Å². The Balaban J connectivity index is 1.79. The fourth-order valence-corrected chi connectivity index (χ4v) is 2.62. The summed E-state index contributed by atoms with van der Waals surface area (Å²) in [7, 11) is 0. The van der Waals surface area contributed by atoms with E-state index in [0.29, 0.717) is 13.2 Å². The molecule has 24 heavy (non-hydrogen) atoms. The fourth-order valence-electron chi connectivity index (χ4n) is 2.62. The van der Waals surface area contributed by atoms with Gasteiger partial charge in [-0.1, -0.05) is 25.1 Å². The minimum atomic E-state index is -0.256. The van der Waals surface area contributed by atoms with Crippen LogP contribution in [0.3, 0.4) is 0 Å². The van der Waals surface area contributed by atoms with Gasteiger partial charge in [0.25, 0.3) is 0 Å². The Hall–Kier alpha value is -2.24. The maximum Gasteiger partial charge on any atom is 0.315 e. The van der Waals surface area contributed by atoms with Gasteiger partial charge in [0.15, 0.2) is 0 Å². The maximum atomic E-state index is 12.1. The maximum absolute atomic E-state index is 12.1. The van der Waals surface area contributed by atoms with E-state index in [1.54, 1.807) is 0 Å². The van der Waals surface area contributed by atoms with E-state index in [9.17, 15) is 9.59 Å². The Morgan fingerprint density at radius 1 is 1.33 bits per heavy atom. The van der Waals surface area contributed by atoms with Crippen LogP contribution in [0.2, 0.25) is 0 Å². The summed E-state index contributed by atoms with van der Waals surface area (Å²) in [5.41, 5.74) is 1.000. The van der Waals surface area contributed by atoms with Crippen LogP contribution in [0.4, 0.5) is 4.79 Å². The molecule has 6 nitrogen and oxygen atoms in total. The first-order chi connectivity index (χ1) is 11.6. The van der Waals surface area contributed by atoms with E-state index in [4.69, 9.17) is 4.74 Å². The van der Waals surface area contributed by atoms with Gasteiger partial charge in [-0.25, -0.2) is 4.79 Å². The average Bonchev–Trinajstić information content (AvgIpc) is 2.77. The normalized spacial score (nSPS) is 17.7. The zero-order valence-corrected chi connectivity index (χ0v) is 14.4. The van der Waals surface area contributed by atoms with Crippen LogP contribution in [0.5, 0.6) is 5.75 Å². The second-order valence-electron chi connectivity index (χ2n) is 6.11. The predicted molar refractivity (Wildman–Crippen MR) is 93.0 cm³/mol. The van der Waals surface area contributed by atoms with E-state index in [1.165, 1.54) is 0 Å². The lowest BCUT2D eigenvalue weighted by Crippen LogP contribution is -2.40. The van der Waals surface area contributed by atoms with Crippen molar-refractivity contribution in [1.29, 1.82) is 0 Å². The Kier molecular flexibility index (Phi) is 6.90. The van der Waals surface area contributed by atoms with E-state index in [1.807, 2.05) is 38.1 Å². The molecule has 0 aromatic heterocycles. The van der Waals surface area contributed by atoms with Crippen LogP contribution in [0.1, 0.15) is 51.1 Å². The molecule has 2 rings (SSSR count). The lowest BCUT2D eigenvalue weighted by atomic mass is 10.0. The molecule has 1 aliphatic heterocycles. The van der Waals surface area contributed by atoms with Gasteiger partial charge in [0.1, 0.15) is 5.75 Å². The Morgan fingerprint density at radius 3 is 2.92 bits per heavy atom. The summed E-state index contributed by atoms with van der Waals surface area (Å²) in [5, 5.41) is 8.61. The zero-order valence-electron chi connectivity index (χ0n) is 14.4. The van der Waals surface area contributed by atoms with Gasteiger partial charge in [0, 0.05) is 24.6 Å². The van der Waals surface area contributed by atoms with Crippen molar-refractivity contribution in [3.8, 4) is 5.75 Å². The molecule has 0 saturated carbocycles. The SMILES string of the molecule is CC[C@H](C)NC(=O)CCNC(=O)N[C@@H]1CCCOc2ccccc21. The first-order valence-corrected chi connectivity index (χ1v) is 8.65. The highest BCUT2D eigenvalue weighted by atomic mass is 16.5. The number of nitrogens with one attached hydrogen (secondary N) is 3. The third-order valence-electron chi connectivity index (χ3n) is 4.15. The van der Waals surface area contributed by atoms with Gasteiger partial charge in [-0.15, -0.1) is 0 Å². The van der Waals surface area contributed by atoms with Gasteiger partial charge < -0.3 is 20.7 Å². The smallest absolute Gasteiger partial charge is 0.315 e. The molecule has 1 heterocycles. The molecule has 0 radical (unpaired) electrons. The van der Waals surface area contributed by atoms with Crippen LogP contribution in [0.15, 0.2) is 24.3 Å². The summed E-state index contributed by atoms with van der Waals surface area (Å²) < 4.78 is 5.70. The van der Waals surface area contributed by atoms with Gasteiger partial charge >= 0.3 is 6.03 Å². The molecule has 0 aliphatic carbocycles. The number of para-hydroxylation sites is 1. The summed E-state index contributed by atoms with van der Waals surface area (Å²) in [6.07, 6.45) is 2.89. The summed E-state index contributed by atoms with van der Waals surface area (Å²) in [5.74, 6) is 0.783. The van der Waals surface area contributed by atoms with Crippen molar-refractivity contribution in [1.82, 2.24) is 16.0 Å². The summed E-state index contributed by atoms with van der Waals surface area (Å²) in [6.45, 7) is 4.96. The van der Waals surface area contributed by atoms with Crippen molar-refractivity contribution < 1.29 is 14.3 Å². The molecule has 0 saturated heterocycles. The molecular weight excluding hydrogens is 306 g/mol. The van der Waals surface area contributed by atoms with Crippen LogP contribution in [-0.2, 0) is 4.79 Å². The second kappa shape index (κ2) is 9.15. The van der Waals surface area contributed by atoms with Crippen LogP contribution in [0, 0.1) is 0 Å². The van der Waals surface area contributed by atoms with Crippen LogP contribution >= 0.6 is 0 Å². The number of hydrogen-bond acceptors (Lipinski definition) is 3. The van der Waals surface area contributed by atoms with Crippen molar-refractivity contribution in [3.05, 3.63) is 29.8 Å². The van der Waals surface area contributed by atoms with E-state index >= 15 is 0 Å². The first kappa shape index (κ1) is 18.1. The largest absolute Gasteiger partial charge is 0.493 e. The van der Waals surface area contributed by atoms with E-state index in [2.05, 4.69) is 16.0 Å². The van der Waals surface area contributed by atoms with E-state index in [-0.39, 0.29) is 30.4 Å². The van der Waals surface area contributed by atoms with Crippen molar-refractivity contribution in [2.75, 3.05) is 13.2 Å². The molecule has 3 N–H and O–H groups in total. The third-order valence-corrected chi connectivity index (χ3v) is 4.15. The third kappa shape index (κ3) is 5.44. The average molecular weight is 333 g/mol. The van der Waals surface area contributed by atoms with Crippen molar-refractivity contribution >= 4 is 11.9 Å². The molecule has 1 aliphatic rings. The molecule has 0 spiro atoms. The lowest BCUT2D eigenvalue weighted by molar-refractivity contribution is -0.121. The van der Waals surface area contributed by atoms with Crippen LogP contribution < -0.4 is 20.7 Å². The quantitative estimate of drug-likeness (QED) is 0.748. The number of hydrogen-bond donors (Lipinski definition) is 3. The van der Waals surface area contributed by atoms with Gasteiger partial charge in [-0.2, -0.15) is 0 Å². The number of amides is 3. The van der Waals surface area contributed by atoms with Gasteiger partial charge in [0.05, 0.1) is 12.6 Å². The highest BCUT2D eigenvalue weighted by molar-refractivity contribution is 5.78. The van der Waals surface area contributed by atoms with Crippen LogP contribution in [-0.4, -0.2) is 31.1 Å². The summed E-state index contributed by atoms with van der Waals surface area (Å²) in [6, 6.07) is 7.60. The van der Waals surface area contributed by atoms with E-state index < -0.39 is 0 Å². The van der Waals surface area contributed by atoms with Gasteiger partial charge in [-0.05, 0) is 32.3 Å². The van der Waals surface area contributed by atoms with Crippen molar-refractivity contribution in [2.24, 2.45) is 0 Å². The molecule has 1 aromatic rings. The van der Waals surface area contributed by atoms with E-state index in [0.717, 1.165) is 30.6 Å². The first-order valence-electron chi connectivity index (χ1n) is 8.65. The Bertz CT molecular complexity index is 562. The summed E-state index contributed by atoms with van der Waals surface area (Å²) >= 11 is 0. The standard InChI is InChI=1S/C18H27N3O3/c1-3-13(2)20-17(22)10-11-19-18(23)21-15-8-6-12-24-16-9-5-4-7-14(15)16/h4-5,7,9,13,15H,3,6,8,10-12H2,1-2H3,(H,20,22)(H2,19,21,23)/t13-,15+/m0/s1. The molecule has 6 heteroatoms. The highest BCUT2D eigenvalue weighted by Crippen LogP contribution is 2.30. The molecule has 2 atom stereocenters.